The molecule has 1 aromatic heterocycles. The number of halogens is 1. The lowest BCUT2D eigenvalue weighted by Gasteiger charge is -2.43. The minimum atomic E-state index is -2.64. The normalized spacial score (nSPS) is 15.8. The lowest BCUT2D eigenvalue weighted by molar-refractivity contribution is 0.101. The summed E-state index contributed by atoms with van der Waals surface area (Å²) < 4.78 is 37.1. The van der Waals surface area contributed by atoms with E-state index in [1.807, 2.05) is 12.1 Å². The second kappa shape index (κ2) is 11.7. The maximum Gasteiger partial charge on any atom is 0.414 e. The first-order chi connectivity index (χ1) is 19.3. The molecule has 1 aliphatic heterocycles. The van der Waals surface area contributed by atoms with E-state index in [2.05, 4.69) is 74.5 Å². The van der Waals surface area contributed by atoms with E-state index in [0.29, 0.717) is 30.4 Å². The number of anilines is 1. The van der Waals surface area contributed by atoms with E-state index in [4.69, 9.17) is 18.4 Å². The van der Waals surface area contributed by atoms with Crippen LogP contribution in [0.5, 0.6) is 5.88 Å². The van der Waals surface area contributed by atoms with Crippen molar-refractivity contribution in [3.63, 3.8) is 0 Å². The van der Waals surface area contributed by atoms with Crippen molar-refractivity contribution < 1.29 is 27.6 Å². The molecule has 3 aromatic carbocycles. The number of nitrogens with zero attached hydrogens (tertiary/aromatic N) is 2. The van der Waals surface area contributed by atoms with E-state index in [1.165, 1.54) is 27.4 Å². The Hall–Kier alpha value is -3.95. The summed E-state index contributed by atoms with van der Waals surface area (Å²) >= 11 is 0. The summed E-state index contributed by atoms with van der Waals surface area (Å²) in [5.41, 5.74) is 0.442. The van der Waals surface area contributed by atoms with Crippen molar-refractivity contribution >= 4 is 30.5 Å². The molecule has 40 heavy (non-hydrogen) atoms. The molecule has 0 saturated carbocycles. The quantitative estimate of drug-likeness (QED) is 0.244. The van der Waals surface area contributed by atoms with Crippen molar-refractivity contribution in [3.05, 3.63) is 103 Å². The van der Waals surface area contributed by atoms with Gasteiger partial charge in [-0.3, -0.25) is 4.90 Å². The zero-order valence-corrected chi connectivity index (χ0v) is 23.9. The van der Waals surface area contributed by atoms with Gasteiger partial charge >= 0.3 is 6.09 Å². The maximum atomic E-state index is 13.6. The highest BCUT2D eigenvalue weighted by atomic mass is 28.4. The lowest BCUT2D eigenvalue weighted by Crippen LogP contribution is -2.66. The van der Waals surface area contributed by atoms with Gasteiger partial charge in [0.1, 0.15) is 18.2 Å². The standard InChI is InChI=1S/C31H33FN2O5Si/c1-31(2,3)40(27-13-6-4-7-14-27,28-15-8-5-9-16-28)37-18-17-25-20-29(33-39-25)36-22-26-21-34(30(35)38-26)24-12-10-11-23(32)19-24/h4-16,19-20,26H,17-18,21-22H2,1-3H3/t26-/m1/s1. The van der Waals surface area contributed by atoms with E-state index < -0.39 is 26.3 Å². The number of hydrogen-bond acceptors (Lipinski definition) is 6. The van der Waals surface area contributed by atoms with Crippen LogP contribution in [-0.4, -0.2) is 45.4 Å². The molecule has 0 spiro atoms. The van der Waals surface area contributed by atoms with Crippen LogP contribution in [0.25, 0.3) is 0 Å². The van der Waals surface area contributed by atoms with Crippen molar-refractivity contribution in [2.45, 2.75) is 38.3 Å². The first kappa shape index (κ1) is 27.6. The Labute approximate surface area is 234 Å². The van der Waals surface area contributed by atoms with Crippen molar-refractivity contribution in [1.82, 2.24) is 5.16 Å². The fourth-order valence-electron chi connectivity index (χ4n) is 5.19. The van der Waals surface area contributed by atoms with Gasteiger partial charge in [-0.15, -0.1) is 0 Å². The molecule has 1 amide bonds. The van der Waals surface area contributed by atoms with Crippen LogP contribution in [0.15, 0.2) is 95.5 Å². The SMILES string of the molecule is CC(C)(C)[Si](OCCc1cc(OC[C@H]2CN(c3cccc(F)c3)C(=O)O2)no1)(c1ccccc1)c1ccccc1. The summed E-state index contributed by atoms with van der Waals surface area (Å²) in [4.78, 5) is 13.7. The smallest absolute Gasteiger partial charge is 0.414 e. The lowest BCUT2D eigenvalue weighted by atomic mass is 10.2. The Bertz CT molecular complexity index is 1380. The molecule has 1 saturated heterocycles. The summed E-state index contributed by atoms with van der Waals surface area (Å²) in [5, 5.41) is 6.33. The third kappa shape index (κ3) is 5.80. The van der Waals surface area contributed by atoms with Crippen LogP contribution in [0.4, 0.5) is 14.9 Å². The average molecular weight is 561 g/mol. The van der Waals surface area contributed by atoms with Gasteiger partial charge in [0.15, 0.2) is 6.10 Å². The van der Waals surface area contributed by atoms with Gasteiger partial charge in [0, 0.05) is 19.1 Å². The topological polar surface area (TPSA) is 74.0 Å². The number of hydrogen-bond donors (Lipinski definition) is 0. The number of rotatable bonds is 10. The minimum absolute atomic E-state index is 0.0993. The van der Waals surface area contributed by atoms with Crippen LogP contribution >= 0.6 is 0 Å². The Morgan fingerprint density at radius 3 is 2.27 bits per heavy atom. The van der Waals surface area contributed by atoms with Gasteiger partial charge in [-0.25, -0.2) is 9.18 Å². The summed E-state index contributed by atoms with van der Waals surface area (Å²) in [5.74, 6) is 0.525. The summed E-state index contributed by atoms with van der Waals surface area (Å²) in [6, 6.07) is 28.5. The molecule has 208 valence electrons. The van der Waals surface area contributed by atoms with Crippen LogP contribution in [0, 0.1) is 5.82 Å². The van der Waals surface area contributed by atoms with Crippen LogP contribution in [-0.2, 0) is 15.6 Å². The zero-order chi connectivity index (χ0) is 28.2. The van der Waals surface area contributed by atoms with Crippen molar-refractivity contribution in [2.75, 3.05) is 24.7 Å². The Morgan fingerprint density at radius 2 is 1.65 bits per heavy atom. The number of carbonyl (C=O) groups excluding carboxylic acids is 1. The molecule has 1 aliphatic rings. The van der Waals surface area contributed by atoms with E-state index in [9.17, 15) is 9.18 Å². The second-order valence-electron chi connectivity index (χ2n) is 10.8. The second-order valence-corrected chi connectivity index (χ2v) is 15.1. The van der Waals surface area contributed by atoms with E-state index in [0.717, 1.165) is 0 Å². The summed E-state index contributed by atoms with van der Waals surface area (Å²) in [6.45, 7) is 7.52. The van der Waals surface area contributed by atoms with Gasteiger partial charge in [0.05, 0.1) is 12.2 Å². The Morgan fingerprint density at radius 1 is 0.975 bits per heavy atom. The molecular weight excluding hydrogens is 527 g/mol. The zero-order valence-electron chi connectivity index (χ0n) is 22.9. The number of aromatic nitrogens is 1. The predicted octanol–water partition coefficient (Wildman–Crippen LogP) is 5.34. The first-order valence-corrected chi connectivity index (χ1v) is 15.2. The molecule has 0 unspecified atom stereocenters. The number of benzene rings is 3. The fraction of sp³-hybridized carbons (Fsp3) is 0.290. The maximum absolute atomic E-state index is 13.6. The molecule has 5 rings (SSSR count). The number of ether oxygens (including phenoxy) is 2. The molecule has 0 bridgehead atoms. The van der Waals surface area contributed by atoms with Gasteiger partial charge in [0.25, 0.3) is 14.2 Å². The van der Waals surface area contributed by atoms with E-state index in [-0.39, 0.29) is 18.2 Å². The monoisotopic (exact) mass is 560 g/mol. The third-order valence-corrected chi connectivity index (χ3v) is 12.1. The molecule has 1 atom stereocenters. The number of amides is 1. The molecule has 0 radical (unpaired) electrons. The Balaban J connectivity index is 1.22. The molecule has 0 aliphatic carbocycles. The van der Waals surface area contributed by atoms with Gasteiger partial charge in [0.2, 0.25) is 0 Å². The highest BCUT2D eigenvalue weighted by Crippen LogP contribution is 2.36. The molecule has 4 aromatic rings. The van der Waals surface area contributed by atoms with Crippen LogP contribution in [0.2, 0.25) is 5.04 Å². The predicted molar refractivity (Wildman–Crippen MR) is 153 cm³/mol. The van der Waals surface area contributed by atoms with Crippen molar-refractivity contribution in [3.8, 4) is 5.88 Å². The Kier molecular flexibility index (Phi) is 8.04. The minimum Gasteiger partial charge on any atom is -0.471 e. The van der Waals surface area contributed by atoms with Crippen LogP contribution in [0.3, 0.4) is 0 Å². The van der Waals surface area contributed by atoms with Gasteiger partial charge in [-0.1, -0.05) is 87.5 Å². The van der Waals surface area contributed by atoms with Gasteiger partial charge < -0.3 is 18.4 Å². The van der Waals surface area contributed by atoms with Crippen LogP contribution < -0.4 is 20.0 Å². The number of carbonyl (C=O) groups is 1. The first-order valence-electron chi connectivity index (χ1n) is 13.3. The molecular formula is C31H33FN2O5Si. The highest BCUT2D eigenvalue weighted by molar-refractivity contribution is 6.99. The molecule has 0 N–H and O–H groups in total. The highest BCUT2D eigenvalue weighted by Gasteiger charge is 2.50. The molecule has 7 nitrogen and oxygen atoms in total. The number of cyclic esters (lactones) is 1. The van der Waals surface area contributed by atoms with Gasteiger partial charge in [-0.2, -0.15) is 0 Å². The average Bonchev–Trinajstić information content (AvgIpc) is 3.56. The third-order valence-electron chi connectivity index (χ3n) is 7.03. The molecule has 1 fully saturated rings. The van der Waals surface area contributed by atoms with Crippen LogP contribution in [0.1, 0.15) is 26.5 Å². The van der Waals surface area contributed by atoms with Gasteiger partial charge in [-0.05, 0) is 38.8 Å². The van der Waals surface area contributed by atoms with Crippen molar-refractivity contribution in [1.29, 1.82) is 0 Å². The molecule has 9 heteroatoms. The molecule has 2 heterocycles. The van der Waals surface area contributed by atoms with Crippen molar-refractivity contribution in [2.24, 2.45) is 0 Å². The fourth-order valence-corrected chi connectivity index (χ4v) is 9.75. The van der Waals surface area contributed by atoms with E-state index >= 15 is 0 Å². The van der Waals surface area contributed by atoms with E-state index in [1.54, 1.807) is 18.2 Å². The summed E-state index contributed by atoms with van der Waals surface area (Å²) in [7, 11) is -2.64. The summed E-state index contributed by atoms with van der Waals surface area (Å²) in [6.07, 6.45) is -0.540. The largest absolute Gasteiger partial charge is 0.471 e.